The Balaban J connectivity index is 3.11. The van der Waals surface area contributed by atoms with E-state index in [9.17, 15) is 9.90 Å². The lowest BCUT2D eigenvalue weighted by Crippen LogP contribution is -2.06. The monoisotopic (exact) mass is 214 g/mol. The number of ether oxygens (including phenoxy) is 1. The van der Waals surface area contributed by atoms with Crippen LogP contribution in [0.15, 0.2) is 12.1 Å². The van der Waals surface area contributed by atoms with Gasteiger partial charge in [-0.25, -0.2) is 4.79 Å². The first-order valence-corrected chi connectivity index (χ1v) is 4.61. The third kappa shape index (κ3) is 1.99. The minimum absolute atomic E-state index is 0.0720. The molecule has 14 heavy (non-hydrogen) atoms. The molecule has 0 unspecified atom stereocenters. The molecule has 0 aliphatic heterocycles. The fourth-order valence-corrected chi connectivity index (χ4v) is 1.30. The van der Waals surface area contributed by atoms with Gasteiger partial charge in [-0.1, -0.05) is 11.6 Å². The van der Waals surface area contributed by atoms with Crippen LogP contribution in [0.25, 0.3) is 0 Å². The van der Waals surface area contributed by atoms with E-state index in [2.05, 4.69) is 0 Å². The Kier molecular flexibility index (Phi) is 3.36. The molecule has 76 valence electrons. The molecule has 1 aromatic rings. The molecular weight excluding hydrogens is 204 g/mol. The van der Waals surface area contributed by atoms with Gasteiger partial charge in [0, 0.05) is 5.56 Å². The largest absolute Gasteiger partial charge is 0.506 e. The fourth-order valence-electron chi connectivity index (χ4n) is 1.10. The molecular formula is C10H11ClO3. The highest BCUT2D eigenvalue weighted by molar-refractivity contribution is 6.32. The van der Waals surface area contributed by atoms with Crippen molar-refractivity contribution < 1.29 is 14.6 Å². The molecule has 4 heteroatoms. The van der Waals surface area contributed by atoms with Crippen molar-refractivity contribution in [2.24, 2.45) is 0 Å². The van der Waals surface area contributed by atoms with Crippen LogP contribution in [0.2, 0.25) is 5.02 Å². The van der Waals surface area contributed by atoms with Crippen LogP contribution in [0.3, 0.4) is 0 Å². The molecule has 1 rings (SSSR count). The summed E-state index contributed by atoms with van der Waals surface area (Å²) in [7, 11) is 0. The summed E-state index contributed by atoms with van der Waals surface area (Å²) < 4.78 is 4.81. The first-order chi connectivity index (χ1) is 6.57. The summed E-state index contributed by atoms with van der Waals surface area (Å²) in [4.78, 5) is 11.4. The number of hydrogen-bond donors (Lipinski definition) is 1. The third-order valence-electron chi connectivity index (χ3n) is 1.88. The van der Waals surface area contributed by atoms with Crippen LogP contribution < -0.4 is 0 Å². The van der Waals surface area contributed by atoms with Crippen LogP contribution in [0.1, 0.15) is 22.8 Å². The highest BCUT2D eigenvalue weighted by Crippen LogP contribution is 2.29. The SMILES string of the molecule is CCOC(=O)c1ccc(Cl)c(O)c1C. The normalized spacial score (nSPS) is 9.93. The standard InChI is InChI=1S/C10H11ClO3/c1-3-14-10(13)7-4-5-8(11)9(12)6(7)2/h4-5,12H,3H2,1-2H3. The number of phenols is 1. The average Bonchev–Trinajstić information content (AvgIpc) is 2.15. The fraction of sp³-hybridized carbons (Fsp3) is 0.300. The van der Waals surface area contributed by atoms with Crippen molar-refractivity contribution in [3.05, 3.63) is 28.3 Å². The number of carbonyl (C=O) groups excluding carboxylic acids is 1. The molecule has 0 fully saturated rings. The van der Waals surface area contributed by atoms with E-state index in [1.807, 2.05) is 0 Å². The number of phenolic OH excluding ortho intramolecular Hbond substituents is 1. The molecule has 1 aromatic carbocycles. The van der Waals surface area contributed by atoms with E-state index in [0.717, 1.165) is 0 Å². The van der Waals surface area contributed by atoms with E-state index in [-0.39, 0.29) is 10.8 Å². The van der Waals surface area contributed by atoms with E-state index in [1.165, 1.54) is 12.1 Å². The predicted molar refractivity (Wildman–Crippen MR) is 53.8 cm³/mol. The quantitative estimate of drug-likeness (QED) is 0.770. The summed E-state index contributed by atoms with van der Waals surface area (Å²) in [5.74, 6) is -0.519. The maximum absolute atomic E-state index is 11.4. The maximum Gasteiger partial charge on any atom is 0.338 e. The van der Waals surface area contributed by atoms with Crippen molar-refractivity contribution in [2.45, 2.75) is 13.8 Å². The Hall–Kier alpha value is -1.22. The number of aromatic hydroxyl groups is 1. The zero-order chi connectivity index (χ0) is 10.7. The van der Waals surface area contributed by atoms with E-state index >= 15 is 0 Å². The Morgan fingerprint density at radius 1 is 1.57 bits per heavy atom. The second kappa shape index (κ2) is 4.33. The molecule has 0 radical (unpaired) electrons. The van der Waals surface area contributed by atoms with Gasteiger partial charge in [0.15, 0.2) is 0 Å². The van der Waals surface area contributed by atoms with Gasteiger partial charge in [0.25, 0.3) is 0 Å². The molecule has 1 N–H and O–H groups in total. The lowest BCUT2D eigenvalue weighted by molar-refractivity contribution is 0.0525. The summed E-state index contributed by atoms with van der Waals surface area (Å²) in [6.45, 7) is 3.65. The van der Waals surface area contributed by atoms with Gasteiger partial charge < -0.3 is 9.84 Å². The summed E-state index contributed by atoms with van der Waals surface area (Å²) in [5.41, 5.74) is 0.782. The first-order valence-electron chi connectivity index (χ1n) is 4.23. The Bertz CT molecular complexity index is 361. The molecule has 0 aromatic heterocycles. The van der Waals surface area contributed by atoms with E-state index < -0.39 is 5.97 Å². The van der Waals surface area contributed by atoms with Gasteiger partial charge >= 0.3 is 5.97 Å². The molecule has 0 atom stereocenters. The molecule has 0 amide bonds. The number of rotatable bonds is 2. The lowest BCUT2D eigenvalue weighted by atomic mass is 10.1. The molecule has 0 bridgehead atoms. The van der Waals surface area contributed by atoms with Crippen LogP contribution in [-0.2, 0) is 4.74 Å². The van der Waals surface area contributed by atoms with Crippen LogP contribution in [-0.4, -0.2) is 17.7 Å². The molecule has 0 saturated heterocycles. The van der Waals surface area contributed by atoms with E-state index in [1.54, 1.807) is 13.8 Å². The van der Waals surface area contributed by atoms with Crippen LogP contribution in [0, 0.1) is 6.92 Å². The highest BCUT2D eigenvalue weighted by atomic mass is 35.5. The van der Waals surface area contributed by atoms with Gasteiger partial charge in [-0.3, -0.25) is 0 Å². The van der Waals surface area contributed by atoms with Crippen molar-refractivity contribution in [3.63, 3.8) is 0 Å². The van der Waals surface area contributed by atoms with Crippen molar-refractivity contribution >= 4 is 17.6 Å². The molecule has 0 aliphatic rings. The van der Waals surface area contributed by atoms with Crippen LogP contribution >= 0.6 is 11.6 Å². The highest BCUT2D eigenvalue weighted by Gasteiger charge is 2.14. The Labute approximate surface area is 87.3 Å². The number of hydrogen-bond acceptors (Lipinski definition) is 3. The molecule has 0 spiro atoms. The Morgan fingerprint density at radius 2 is 2.21 bits per heavy atom. The van der Waals surface area contributed by atoms with Gasteiger partial charge in [-0.2, -0.15) is 0 Å². The van der Waals surface area contributed by atoms with Crippen LogP contribution in [0.5, 0.6) is 5.75 Å². The van der Waals surface area contributed by atoms with Crippen molar-refractivity contribution in [2.75, 3.05) is 6.61 Å². The van der Waals surface area contributed by atoms with Gasteiger partial charge in [0.05, 0.1) is 17.2 Å². The smallest absolute Gasteiger partial charge is 0.338 e. The summed E-state index contributed by atoms with van der Waals surface area (Å²) in [6.07, 6.45) is 0. The molecule has 3 nitrogen and oxygen atoms in total. The van der Waals surface area contributed by atoms with Gasteiger partial charge in [0.1, 0.15) is 5.75 Å². The Morgan fingerprint density at radius 3 is 2.79 bits per heavy atom. The minimum Gasteiger partial charge on any atom is -0.506 e. The van der Waals surface area contributed by atoms with Crippen molar-refractivity contribution in [1.82, 2.24) is 0 Å². The second-order valence-electron chi connectivity index (χ2n) is 2.79. The van der Waals surface area contributed by atoms with Crippen LogP contribution in [0.4, 0.5) is 0 Å². The number of esters is 1. The van der Waals surface area contributed by atoms with Gasteiger partial charge in [-0.15, -0.1) is 0 Å². The zero-order valence-corrected chi connectivity index (χ0v) is 8.76. The molecule has 0 saturated carbocycles. The van der Waals surface area contributed by atoms with E-state index in [0.29, 0.717) is 17.7 Å². The zero-order valence-electron chi connectivity index (χ0n) is 8.00. The maximum atomic E-state index is 11.4. The third-order valence-corrected chi connectivity index (χ3v) is 2.18. The summed E-state index contributed by atoms with van der Waals surface area (Å²) in [6, 6.07) is 3.01. The van der Waals surface area contributed by atoms with E-state index in [4.69, 9.17) is 16.3 Å². The predicted octanol–water partition coefficient (Wildman–Crippen LogP) is 2.53. The van der Waals surface area contributed by atoms with Crippen molar-refractivity contribution in [1.29, 1.82) is 0 Å². The number of carbonyl (C=O) groups is 1. The van der Waals surface area contributed by atoms with Gasteiger partial charge in [-0.05, 0) is 26.0 Å². The van der Waals surface area contributed by atoms with Gasteiger partial charge in [0.2, 0.25) is 0 Å². The summed E-state index contributed by atoms with van der Waals surface area (Å²) >= 11 is 5.67. The lowest BCUT2D eigenvalue weighted by Gasteiger charge is -2.07. The molecule has 0 aliphatic carbocycles. The minimum atomic E-state index is -0.447. The number of halogens is 1. The molecule has 0 heterocycles. The van der Waals surface area contributed by atoms with Crippen molar-refractivity contribution in [3.8, 4) is 5.75 Å². The second-order valence-corrected chi connectivity index (χ2v) is 3.20. The average molecular weight is 215 g/mol. The summed E-state index contributed by atoms with van der Waals surface area (Å²) in [5, 5.41) is 9.70. The number of benzene rings is 1. The topological polar surface area (TPSA) is 46.5 Å². The first kappa shape index (κ1) is 10.9.